The molecule has 0 radical (unpaired) electrons. The number of hydrogen-bond acceptors (Lipinski definition) is 4. The van der Waals surface area contributed by atoms with Gasteiger partial charge in [-0.3, -0.25) is 9.78 Å². The number of nitrogens with one attached hydrogen (secondary N) is 1. The van der Waals surface area contributed by atoms with Crippen molar-refractivity contribution in [3.05, 3.63) is 48.4 Å². The van der Waals surface area contributed by atoms with Gasteiger partial charge < -0.3 is 4.74 Å². The molecule has 1 N–H and O–H groups in total. The summed E-state index contributed by atoms with van der Waals surface area (Å²) in [6.45, 7) is 0. The highest BCUT2D eigenvalue weighted by atomic mass is 16.5. The number of ether oxygens (including phenoxy) is 1. The van der Waals surface area contributed by atoms with Gasteiger partial charge in [0.2, 0.25) is 0 Å². The van der Waals surface area contributed by atoms with Crippen LogP contribution < -0.4 is 4.74 Å². The van der Waals surface area contributed by atoms with Crippen LogP contribution in [0.3, 0.4) is 0 Å². The van der Waals surface area contributed by atoms with Crippen LogP contribution in [0.2, 0.25) is 0 Å². The molecule has 2 heterocycles. The number of nitrogens with zero attached hydrogens (tertiary/aromatic N) is 4. The number of aromatic amines is 1. The van der Waals surface area contributed by atoms with Gasteiger partial charge in [-0.15, -0.1) is 0 Å². The van der Waals surface area contributed by atoms with Gasteiger partial charge >= 0.3 is 0 Å². The Morgan fingerprint density at radius 2 is 2.05 bits per heavy atom. The van der Waals surface area contributed by atoms with Gasteiger partial charge in [-0.1, -0.05) is 0 Å². The van der Waals surface area contributed by atoms with E-state index in [9.17, 15) is 0 Å². The van der Waals surface area contributed by atoms with Gasteiger partial charge in [-0.2, -0.15) is 15.5 Å². The van der Waals surface area contributed by atoms with Crippen LogP contribution >= 0.6 is 0 Å². The van der Waals surface area contributed by atoms with Crippen LogP contribution in [-0.4, -0.2) is 20.0 Å². The molecule has 3 rings (SSSR count). The Kier molecular flexibility index (Phi) is 2.94. The molecule has 0 fully saturated rings. The standard InChI is InChI=1S/C14H11N5O/c1-19-9-11(7-17-19)14-13(8-16-18-14)20-12-4-2-10(6-15)3-5-12/h2-5,7-9H,1H3,(H,16,18). The van der Waals surface area contributed by atoms with Gasteiger partial charge in [0.1, 0.15) is 11.4 Å². The second-order valence-corrected chi connectivity index (χ2v) is 4.25. The Morgan fingerprint density at radius 3 is 2.70 bits per heavy atom. The van der Waals surface area contributed by atoms with E-state index >= 15 is 0 Å². The summed E-state index contributed by atoms with van der Waals surface area (Å²) in [7, 11) is 1.85. The van der Waals surface area contributed by atoms with E-state index < -0.39 is 0 Å². The predicted octanol–water partition coefficient (Wildman–Crippen LogP) is 2.47. The number of aryl methyl sites for hydroxylation is 1. The Labute approximate surface area is 115 Å². The lowest BCUT2D eigenvalue weighted by Gasteiger charge is -2.04. The van der Waals surface area contributed by atoms with Crippen LogP contribution in [0.5, 0.6) is 11.5 Å². The monoisotopic (exact) mass is 265 g/mol. The third-order valence-electron chi connectivity index (χ3n) is 2.81. The largest absolute Gasteiger partial charge is 0.453 e. The Hall–Kier alpha value is -3.07. The fourth-order valence-electron chi connectivity index (χ4n) is 1.83. The summed E-state index contributed by atoms with van der Waals surface area (Å²) in [6.07, 6.45) is 5.22. The van der Waals surface area contributed by atoms with E-state index in [4.69, 9.17) is 10.00 Å². The molecule has 0 unspecified atom stereocenters. The van der Waals surface area contributed by atoms with E-state index in [1.807, 2.05) is 13.2 Å². The Balaban J connectivity index is 1.88. The van der Waals surface area contributed by atoms with Crippen LogP contribution in [0.15, 0.2) is 42.9 Å². The molecule has 0 aliphatic rings. The Morgan fingerprint density at radius 1 is 1.25 bits per heavy atom. The van der Waals surface area contributed by atoms with E-state index in [2.05, 4.69) is 21.4 Å². The molecule has 6 nitrogen and oxygen atoms in total. The topological polar surface area (TPSA) is 79.5 Å². The van der Waals surface area contributed by atoms with E-state index in [1.165, 1.54) is 0 Å². The van der Waals surface area contributed by atoms with Crippen molar-refractivity contribution in [1.29, 1.82) is 5.26 Å². The molecule has 0 amide bonds. The average molecular weight is 265 g/mol. The molecule has 0 saturated heterocycles. The Bertz CT molecular complexity index is 763. The summed E-state index contributed by atoms with van der Waals surface area (Å²) in [6, 6.07) is 8.98. The number of rotatable bonds is 3. The maximum Gasteiger partial charge on any atom is 0.173 e. The highest BCUT2D eigenvalue weighted by Gasteiger charge is 2.11. The van der Waals surface area contributed by atoms with Crippen LogP contribution in [-0.2, 0) is 7.05 Å². The van der Waals surface area contributed by atoms with Crippen LogP contribution in [0.4, 0.5) is 0 Å². The number of H-pyrrole nitrogens is 1. The van der Waals surface area contributed by atoms with Gasteiger partial charge in [-0.05, 0) is 24.3 Å². The molecule has 6 heteroatoms. The van der Waals surface area contributed by atoms with Gasteiger partial charge in [0.25, 0.3) is 0 Å². The fraction of sp³-hybridized carbons (Fsp3) is 0.0714. The normalized spacial score (nSPS) is 10.2. The van der Waals surface area contributed by atoms with E-state index in [0.29, 0.717) is 17.1 Å². The third-order valence-corrected chi connectivity index (χ3v) is 2.81. The minimum atomic E-state index is 0.594. The van der Waals surface area contributed by atoms with Crippen molar-refractivity contribution in [2.75, 3.05) is 0 Å². The molecule has 1 aromatic carbocycles. The molecular weight excluding hydrogens is 254 g/mol. The van der Waals surface area contributed by atoms with Gasteiger partial charge in [0.15, 0.2) is 5.75 Å². The lowest BCUT2D eigenvalue weighted by molar-refractivity contribution is 0.484. The van der Waals surface area contributed by atoms with Gasteiger partial charge in [-0.25, -0.2) is 0 Å². The minimum Gasteiger partial charge on any atom is -0.453 e. The zero-order valence-electron chi connectivity index (χ0n) is 10.7. The highest BCUT2D eigenvalue weighted by Crippen LogP contribution is 2.30. The minimum absolute atomic E-state index is 0.594. The van der Waals surface area contributed by atoms with Crippen molar-refractivity contribution in [2.45, 2.75) is 0 Å². The second kappa shape index (κ2) is 4.90. The van der Waals surface area contributed by atoms with E-state index in [0.717, 1.165) is 11.3 Å². The summed E-state index contributed by atoms with van der Waals surface area (Å²) in [5.74, 6) is 1.26. The van der Waals surface area contributed by atoms with Crippen molar-refractivity contribution in [3.8, 4) is 28.8 Å². The molecule has 98 valence electrons. The van der Waals surface area contributed by atoms with E-state index in [-0.39, 0.29) is 0 Å². The van der Waals surface area contributed by atoms with Gasteiger partial charge in [0, 0.05) is 18.8 Å². The molecule has 0 aliphatic carbocycles. The van der Waals surface area contributed by atoms with Crippen molar-refractivity contribution in [3.63, 3.8) is 0 Å². The highest BCUT2D eigenvalue weighted by molar-refractivity contribution is 5.64. The molecule has 0 spiro atoms. The lowest BCUT2D eigenvalue weighted by atomic mass is 10.2. The quantitative estimate of drug-likeness (QED) is 0.789. The SMILES string of the molecule is Cn1cc(-c2[nH]ncc2Oc2ccc(C#N)cc2)cn1. The van der Waals surface area contributed by atoms with Crippen molar-refractivity contribution >= 4 is 0 Å². The van der Waals surface area contributed by atoms with E-state index in [1.54, 1.807) is 41.3 Å². The molecule has 2 aromatic heterocycles. The molecule has 0 saturated carbocycles. The predicted molar refractivity (Wildman–Crippen MR) is 72.0 cm³/mol. The number of nitriles is 1. The summed E-state index contributed by atoms with van der Waals surface area (Å²) in [5.41, 5.74) is 2.26. The summed E-state index contributed by atoms with van der Waals surface area (Å²) >= 11 is 0. The van der Waals surface area contributed by atoms with Crippen LogP contribution in [0, 0.1) is 11.3 Å². The van der Waals surface area contributed by atoms with Crippen molar-refractivity contribution in [1.82, 2.24) is 20.0 Å². The maximum atomic E-state index is 8.77. The second-order valence-electron chi connectivity index (χ2n) is 4.25. The summed E-state index contributed by atoms with van der Waals surface area (Å²) < 4.78 is 7.48. The van der Waals surface area contributed by atoms with Crippen LogP contribution in [0.25, 0.3) is 11.3 Å². The first kappa shape index (κ1) is 12.0. The first-order chi connectivity index (χ1) is 9.76. The zero-order valence-corrected chi connectivity index (χ0v) is 10.7. The fourth-order valence-corrected chi connectivity index (χ4v) is 1.83. The van der Waals surface area contributed by atoms with Crippen molar-refractivity contribution in [2.24, 2.45) is 7.05 Å². The molecule has 20 heavy (non-hydrogen) atoms. The molecule has 0 atom stereocenters. The summed E-state index contributed by atoms with van der Waals surface area (Å²) in [5, 5.41) is 19.8. The van der Waals surface area contributed by atoms with Crippen LogP contribution in [0.1, 0.15) is 5.56 Å². The molecule has 3 aromatic rings. The lowest BCUT2D eigenvalue weighted by Crippen LogP contribution is -1.86. The molecule has 0 bridgehead atoms. The van der Waals surface area contributed by atoms with Gasteiger partial charge in [0.05, 0.1) is 24.0 Å². The number of benzene rings is 1. The number of aromatic nitrogens is 4. The molecular formula is C14H11N5O. The summed E-state index contributed by atoms with van der Waals surface area (Å²) in [4.78, 5) is 0. The smallest absolute Gasteiger partial charge is 0.173 e. The third kappa shape index (κ3) is 2.24. The van der Waals surface area contributed by atoms with Crippen molar-refractivity contribution < 1.29 is 4.74 Å². The maximum absolute atomic E-state index is 8.77. The molecule has 0 aliphatic heterocycles. The number of hydrogen-bond donors (Lipinski definition) is 1. The average Bonchev–Trinajstić information content (AvgIpc) is 3.08. The first-order valence-electron chi connectivity index (χ1n) is 5.96. The first-order valence-corrected chi connectivity index (χ1v) is 5.96. The zero-order chi connectivity index (χ0) is 13.9.